The van der Waals surface area contributed by atoms with Crippen molar-refractivity contribution >= 4 is 23.2 Å². The Kier molecular flexibility index (Phi) is 4.22. The van der Waals surface area contributed by atoms with Crippen LogP contribution in [0.3, 0.4) is 0 Å². The van der Waals surface area contributed by atoms with Crippen LogP contribution in [0, 0.1) is 0 Å². The lowest BCUT2D eigenvalue weighted by Gasteiger charge is -2.32. The van der Waals surface area contributed by atoms with Crippen molar-refractivity contribution in [2.75, 3.05) is 19.7 Å². The quantitative estimate of drug-likeness (QED) is 0.777. The molecule has 2 atom stereocenters. The number of rotatable bonds is 3. The minimum Gasteiger partial charge on any atom is -0.394 e. The molecule has 1 fully saturated rings. The molecule has 2 unspecified atom stereocenters. The predicted octanol–water partition coefficient (Wildman–Crippen LogP) is 1.12. The molecular weight excluding hydrogens is 225 g/mol. The topological polar surface area (TPSA) is 43.7 Å². The maximum Gasteiger partial charge on any atom is 0.104 e. The molecule has 0 saturated carbocycles. The maximum atomic E-state index is 9.49. The van der Waals surface area contributed by atoms with Crippen LogP contribution in [0.5, 0.6) is 0 Å². The Morgan fingerprint density at radius 3 is 2.79 bits per heavy atom. The zero-order chi connectivity index (χ0) is 10.8. The lowest BCUT2D eigenvalue weighted by molar-refractivity contribution is 0.0883. The minimum atomic E-state index is -0.380. The van der Waals surface area contributed by atoms with Gasteiger partial charge in [0.15, 0.2) is 0 Å². The summed E-state index contributed by atoms with van der Waals surface area (Å²) in [6.07, 6.45) is 1.86. The van der Waals surface area contributed by atoms with E-state index in [2.05, 4.69) is 0 Å². The number of hydrogen-bond donors (Lipinski definition) is 2. The maximum absolute atomic E-state index is 9.49. The summed E-state index contributed by atoms with van der Waals surface area (Å²) in [7, 11) is 0. The summed E-state index contributed by atoms with van der Waals surface area (Å²) in [5.74, 6) is 0. The van der Waals surface area contributed by atoms with E-state index in [-0.39, 0.29) is 22.7 Å². The van der Waals surface area contributed by atoms with E-state index in [9.17, 15) is 10.2 Å². The van der Waals surface area contributed by atoms with E-state index >= 15 is 0 Å². The Balaban J connectivity index is 2.63. The third kappa shape index (κ3) is 2.84. The molecule has 3 nitrogen and oxygen atoms in total. The molecule has 1 heterocycles. The van der Waals surface area contributed by atoms with Crippen LogP contribution in [-0.2, 0) is 0 Å². The van der Waals surface area contributed by atoms with Gasteiger partial charge >= 0.3 is 0 Å². The number of nitrogens with zero attached hydrogens (tertiary/aromatic N) is 1. The van der Waals surface area contributed by atoms with Crippen molar-refractivity contribution in [3.63, 3.8) is 0 Å². The van der Waals surface area contributed by atoms with Crippen molar-refractivity contribution in [2.45, 2.75) is 25.0 Å². The van der Waals surface area contributed by atoms with E-state index in [0.717, 1.165) is 0 Å². The second-order valence-corrected chi connectivity index (χ2v) is 4.92. The van der Waals surface area contributed by atoms with Crippen LogP contribution in [0.4, 0.5) is 0 Å². The average Bonchev–Trinajstić information content (AvgIpc) is 2.39. The standard InChI is InChI=1S/C9H15Cl2NO2/c1-9(6-13)4-7(14)5-12(9)3-2-8(10)11/h2,7,13-14H,3-6H2,1H3. The summed E-state index contributed by atoms with van der Waals surface area (Å²) in [6.45, 7) is 3.04. The molecule has 2 N–H and O–H groups in total. The highest BCUT2D eigenvalue weighted by atomic mass is 35.5. The molecule has 1 saturated heterocycles. The molecule has 0 aromatic carbocycles. The largest absolute Gasteiger partial charge is 0.394 e. The summed E-state index contributed by atoms with van der Waals surface area (Å²) in [6, 6.07) is 0. The summed E-state index contributed by atoms with van der Waals surface area (Å²) >= 11 is 11.0. The summed E-state index contributed by atoms with van der Waals surface area (Å²) < 4.78 is 0.215. The normalized spacial score (nSPS) is 33.4. The van der Waals surface area contributed by atoms with E-state index in [0.29, 0.717) is 19.5 Å². The fourth-order valence-electron chi connectivity index (χ4n) is 1.81. The van der Waals surface area contributed by atoms with Crippen LogP contribution in [0.2, 0.25) is 0 Å². The SMILES string of the molecule is CC1(CO)CC(O)CN1CC=C(Cl)Cl. The highest BCUT2D eigenvalue weighted by Crippen LogP contribution is 2.28. The lowest BCUT2D eigenvalue weighted by Crippen LogP contribution is -2.44. The Labute approximate surface area is 93.9 Å². The van der Waals surface area contributed by atoms with Crippen molar-refractivity contribution in [3.05, 3.63) is 10.6 Å². The van der Waals surface area contributed by atoms with Crippen LogP contribution in [0.15, 0.2) is 10.6 Å². The van der Waals surface area contributed by atoms with Crippen molar-refractivity contribution in [1.82, 2.24) is 4.90 Å². The highest BCUT2D eigenvalue weighted by molar-refractivity contribution is 6.55. The van der Waals surface area contributed by atoms with Gasteiger partial charge in [-0.15, -0.1) is 0 Å². The van der Waals surface area contributed by atoms with Crippen LogP contribution >= 0.6 is 23.2 Å². The predicted molar refractivity (Wildman–Crippen MR) is 57.5 cm³/mol. The van der Waals surface area contributed by atoms with Crippen LogP contribution in [-0.4, -0.2) is 46.5 Å². The van der Waals surface area contributed by atoms with Gasteiger partial charge in [0.1, 0.15) is 4.49 Å². The molecule has 0 amide bonds. The second kappa shape index (κ2) is 4.81. The fraction of sp³-hybridized carbons (Fsp3) is 0.778. The molecule has 0 aromatic rings. The molecule has 1 aliphatic rings. The van der Waals surface area contributed by atoms with Gasteiger partial charge in [-0.2, -0.15) is 0 Å². The molecule has 82 valence electrons. The lowest BCUT2D eigenvalue weighted by atomic mass is 9.99. The van der Waals surface area contributed by atoms with Gasteiger partial charge in [-0.3, -0.25) is 4.90 Å². The summed E-state index contributed by atoms with van der Waals surface area (Å²) in [4.78, 5) is 1.97. The first-order valence-electron chi connectivity index (χ1n) is 4.53. The summed E-state index contributed by atoms with van der Waals surface area (Å²) in [5.41, 5.74) is -0.362. The molecule has 14 heavy (non-hydrogen) atoms. The van der Waals surface area contributed by atoms with Crippen LogP contribution in [0.1, 0.15) is 13.3 Å². The first-order chi connectivity index (χ1) is 6.48. The molecule has 0 bridgehead atoms. The van der Waals surface area contributed by atoms with Gasteiger partial charge in [-0.05, 0) is 19.4 Å². The number of aliphatic hydroxyl groups is 2. The third-order valence-electron chi connectivity index (χ3n) is 2.68. The van der Waals surface area contributed by atoms with E-state index in [1.165, 1.54) is 0 Å². The van der Waals surface area contributed by atoms with Gasteiger partial charge in [0.2, 0.25) is 0 Å². The molecular formula is C9H15Cl2NO2. The monoisotopic (exact) mass is 239 g/mol. The fourth-order valence-corrected chi connectivity index (χ4v) is 1.95. The molecule has 1 aliphatic heterocycles. The Hall–Kier alpha value is 0.200. The molecule has 0 aromatic heterocycles. The number of β-amino-alcohol motifs (C(OH)–C–C–N with tert-alkyl or cyclic N) is 1. The number of hydrogen-bond acceptors (Lipinski definition) is 3. The summed E-state index contributed by atoms with van der Waals surface area (Å²) in [5, 5.41) is 18.7. The van der Waals surface area contributed by atoms with Gasteiger partial charge < -0.3 is 10.2 Å². The average molecular weight is 240 g/mol. The first-order valence-corrected chi connectivity index (χ1v) is 5.28. The number of halogens is 2. The van der Waals surface area contributed by atoms with E-state index < -0.39 is 0 Å². The van der Waals surface area contributed by atoms with Gasteiger partial charge in [-0.1, -0.05) is 23.2 Å². The molecule has 1 rings (SSSR count). The van der Waals surface area contributed by atoms with Crippen LogP contribution < -0.4 is 0 Å². The van der Waals surface area contributed by atoms with Gasteiger partial charge in [-0.25, -0.2) is 0 Å². The van der Waals surface area contributed by atoms with Crippen LogP contribution in [0.25, 0.3) is 0 Å². The molecule has 0 aliphatic carbocycles. The Morgan fingerprint density at radius 2 is 2.29 bits per heavy atom. The van der Waals surface area contributed by atoms with Gasteiger partial charge in [0, 0.05) is 18.6 Å². The number of aliphatic hydroxyl groups excluding tert-OH is 2. The third-order valence-corrected chi connectivity index (χ3v) is 2.99. The van der Waals surface area contributed by atoms with E-state index in [1.54, 1.807) is 6.08 Å². The Bertz CT molecular complexity index is 231. The van der Waals surface area contributed by atoms with E-state index in [1.807, 2.05) is 11.8 Å². The number of likely N-dealkylation sites (tertiary alicyclic amines) is 1. The molecule has 0 spiro atoms. The van der Waals surface area contributed by atoms with Crippen molar-refractivity contribution in [2.24, 2.45) is 0 Å². The smallest absolute Gasteiger partial charge is 0.104 e. The van der Waals surface area contributed by atoms with Crippen molar-refractivity contribution < 1.29 is 10.2 Å². The highest BCUT2D eigenvalue weighted by Gasteiger charge is 2.40. The first kappa shape index (κ1) is 12.3. The van der Waals surface area contributed by atoms with Crippen molar-refractivity contribution in [3.8, 4) is 0 Å². The van der Waals surface area contributed by atoms with Gasteiger partial charge in [0.25, 0.3) is 0 Å². The Morgan fingerprint density at radius 1 is 1.64 bits per heavy atom. The molecule has 5 heteroatoms. The van der Waals surface area contributed by atoms with Gasteiger partial charge in [0.05, 0.1) is 12.7 Å². The molecule has 0 radical (unpaired) electrons. The zero-order valence-corrected chi connectivity index (χ0v) is 9.59. The minimum absolute atomic E-state index is 0.0256. The van der Waals surface area contributed by atoms with E-state index in [4.69, 9.17) is 23.2 Å². The van der Waals surface area contributed by atoms with Crippen molar-refractivity contribution in [1.29, 1.82) is 0 Å². The zero-order valence-electron chi connectivity index (χ0n) is 8.08. The second-order valence-electron chi connectivity index (χ2n) is 3.91.